The van der Waals surface area contributed by atoms with Crippen molar-refractivity contribution >= 4 is 103 Å². The standard InChI is InChI=1S/C47H90N12O9.5ClH/c1-3-5-7-9-22-41(62)52-26-15-16-32-59(33-19-27-53-42(63)23-10-8-6-4-2)43(64)34-58(30-17-28-54-46(67)39(35-60)56-44(65)37(50)20-11-13-24-48)31-18-29-55-47(68)40(36-61)57-45(66)38(51)21-12-14-25-49;;;;;/h5-8,37-40,60-61H,3-4,9-36,48-51H2,1-2H3,(H,52,62)(H,53,63)(H,54,67)(H,55,68)(H,56,65)(H,57,66);5*1H/b7-5-,8-6-;;;;;/t37-,38-,39-,40-;;;;;/m0...../s1. The van der Waals surface area contributed by atoms with E-state index in [1.54, 1.807) is 4.90 Å². The molecular formula is C47H95Cl5N12O9. The monoisotopic (exact) mass is 1150 g/mol. The van der Waals surface area contributed by atoms with E-state index >= 15 is 0 Å². The van der Waals surface area contributed by atoms with Crippen molar-refractivity contribution in [2.75, 3.05) is 85.2 Å². The predicted octanol–water partition coefficient (Wildman–Crippen LogP) is 1.00. The molecule has 7 amide bonds. The Morgan fingerprint density at radius 1 is 0.493 bits per heavy atom. The fourth-order valence-electron chi connectivity index (χ4n) is 6.75. The second kappa shape index (κ2) is 55.2. The molecular weight excluding hydrogens is 1050 g/mol. The molecule has 0 aliphatic heterocycles. The number of aliphatic hydroxyl groups is 2. The number of nitrogens with one attached hydrogen (secondary N) is 6. The molecule has 26 heteroatoms. The molecule has 0 fully saturated rings. The van der Waals surface area contributed by atoms with Gasteiger partial charge in [0.2, 0.25) is 41.4 Å². The van der Waals surface area contributed by atoms with Gasteiger partial charge in [-0.2, -0.15) is 0 Å². The van der Waals surface area contributed by atoms with E-state index in [1.165, 1.54) is 0 Å². The highest BCUT2D eigenvalue weighted by Crippen LogP contribution is 2.05. The molecule has 0 saturated heterocycles. The maximum absolute atomic E-state index is 14.1. The molecule has 0 aliphatic rings. The highest BCUT2D eigenvalue weighted by Gasteiger charge is 2.25. The van der Waals surface area contributed by atoms with Crippen molar-refractivity contribution in [3.63, 3.8) is 0 Å². The lowest BCUT2D eigenvalue weighted by atomic mass is 10.1. The van der Waals surface area contributed by atoms with Gasteiger partial charge in [0.15, 0.2) is 0 Å². The number of nitrogens with zero attached hydrogens (tertiary/aromatic N) is 2. The zero-order valence-corrected chi connectivity index (χ0v) is 47.4. The summed E-state index contributed by atoms with van der Waals surface area (Å²) in [5.41, 5.74) is 23.0. The van der Waals surface area contributed by atoms with Gasteiger partial charge in [0, 0.05) is 65.2 Å². The van der Waals surface area contributed by atoms with Crippen molar-refractivity contribution in [1.29, 1.82) is 0 Å². The van der Waals surface area contributed by atoms with Gasteiger partial charge < -0.3 is 69.9 Å². The summed E-state index contributed by atoms with van der Waals surface area (Å²) in [4.78, 5) is 93.4. The van der Waals surface area contributed by atoms with E-state index in [0.717, 1.165) is 12.8 Å². The number of carbonyl (C=O) groups is 7. The molecule has 0 rings (SSSR count). The van der Waals surface area contributed by atoms with Crippen LogP contribution in [0, 0.1) is 0 Å². The average molecular weight is 1150 g/mol. The Hall–Kier alpha value is -3.06. The Kier molecular flexibility index (Phi) is 61.5. The van der Waals surface area contributed by atoms with Crippen LogP contribution in [0.4, 0.5) is 0 Å². The Balaban J connectivity index is -0.00000224. The van der Waals surface area contributed by atoms with Gasteiger partial charge in [-0.3, -0.25) is 38.5 Å². The summed E-state index contributed by atoms with van der Waals surface area (Å²) in [6.07, 6.45) is 17.9. The minimum Gasteiger partial charge on any atom is -0.394 e. The van der Waals surface area contributed by atoms with E-state index in [4.69, 9.17) is 22.9 Å². The molecule has 0 saturated carbocycles. The third-order valence-electron chi connectivity index (χ3n) is 10.8. The van der Waals surface area contributed by atoms with Crippen LogP contribution in [0.3, 0.4) is 0 Å². The summed E-state index contributed by atoms with van der Waals surface area (Å²) < 4.78 is 0. The number of aliphatic hydroxyl groups excluding tert-OH is 2. The molecule has 0 radical (unpaired) electrons. The van der Waals surface area contributed by atoms with Gasteiger partial charge in [0.1, 0.15) is 12.1 Å². The summed E-state index contributed by atoms with van der Waals surface area (Å²) >= 11 is 0. The van der Waals surface area contributed by atoms with E-state index in [0.29, 0.717) is 149 Å². The van der Waals surface area contributed by atoms with Crippen molar-refractivity contribution in [2.45, 2.75) is 147 Å². The molecule has 4 atom stereocenters. The Bertz CT molecular complexity index is 1440. The molecule has 0 aliphatic carbocycles. The van der Waals surface area contributed by atoms with E-state index in [2.05, 4.69) is 31.9 Å². The van der Waals surface area contributed by atoms with Gasteiger partial charge in [0.25, 0.3) is 0 Å². The fraction of sp³-hybridized carbons (Fsp3) is 0.766. The van der Waals surface area contributed by atoms with Crippen molar-refractivity contribution < 1.29 is 43.8 Å². The second-order valence-corrected chi connectivity index (χ2v) is 16.8. The summed E-state index contributed by atoms with van der Waals surface area (Å²) in [5, 5.41) is 36.1. The highest BCUT2D eigenvalue weighted by molar-refractivity contribution is 5.90. The van der Waals surface area contributed by atoms with Crippen LogP contribution in [0.25, 0.3) is 0 Å². The average Bonchev–Trinajstić information content (AvgIpc) is 3.32. The molecule has 432 valence electrons. The van der Waals surface area contributed by atoms with Crippen LogP contribution in [0.1, 0.15) is 123 Å². The van der Waals surface area contributed by atoms with Crippen molar-refractivity contribution in [2.24, 2.45) is 22.9 Å². The molecule has 0 heterocycles. The zero-order chi connectivity index (χ0) is 50.8. The van der Waals surface area contributed by atoms with Crippen LogP contribution < -0.4 is 54.8 Å². The van der Waals surface area contributed by atoms with Gasteiger partial charge in [-0.15, -0.1) is 62.0 Å². The first-order valence-corrected chi connectivity index (χ1v) is 24.9. The predicted molar refractivity (Wildman–Crippen MR) is 302 cm³/mol. The van der Waals surface area contributed by atoms with Gasteiger partial charge in [-0.1, -0.05) is 51.0 Å². The molecule has 21 nitrogen and oxygen atoms in total. The van der Waals surface area contributed by atoms with Gasteiger partial charge >= 0.3 is 0 Å². The number of nitrogens with two attached hydrogens (primary N) is 4. The van der Waals surface area contributed by atoms with Crippen LogP contribution in [0.15, 0.2) is 24.3 Å². The maximum Gasteiger partial charge on any atom is 0.244 e. The fourth-order valence-corrected chi connectivity index (χ4v) is 6.75. The van der Waals surface area contributed by atoms with E-state index in [-0.39, 0.29) is 99.4 Å². The van der Waals surface area contributed by atoms with Crippen molar-refractivity contribution in [3.05, 3.63) is 24.3 Å². The quantitative estimate of drug-likeness (QED) is 0.0300. The highest BCUT2D eigenvalue weighted by atomic mass is 35.5. The molecule has 0 bridgehead atoms. The molecule has 0 unspecified atom stereocenters. The topological polar surface area (TPSA) is 343 Å². The largest absolute Gasteiger partial charge is 0.394 e. The first kappa shape index (κ1) is 81.3. The number of hydrogen-bond acceptors (Lipinski definition) is 14. The smallest absolute Gasteiger partial charge is 0.244 e. The van der Waals surface area contributed by atoms with E-state index < -0.39 is 61.0 Å². The number of unbranched alkanes of at least 4 members (excludes halogenated alkanes) is 3. The molecule has 0 aromatic carbocycles. The molecule has 73 heavy (non-hydrogen) atoms. The first-order chi connectivity index (χ1) is 32.8. The van der Waals surface area contributed by atoms with Crippen LogP contribution in [0.5, 0.6) is 0 Å². The second-order valence-electron chi connectivity index (χ2n) is 16.8. The van der Waals surface area contributed by atoms with Gasteiger partial charge in [0.05, 0.1) is 31.8 Å². The summed E-state index contributed by atoms with van der Waals surface area (Å²) in [7, 11) is 0. The minimum absolute atomic E-state index is 0. The lowest BCUT2D eigenvalue weighted by molar-refractivity contribution is -0.133. The number of hydrogen-bond donors (Lipinski definition) is 12. The number of amides is 7. The van der Waals surface area contributed by atoms with Crippen LogP contribution >= 0.6 is 62.0 Å². The van der Waals surface area contributed by atoms with E-state index in [9.17, 15) is 43.8 Å². The van der Waals surface area contributed by atoms with Crippen molar-refractivity contribution in [1.82, 2.24) is 41.7 Å². The third-order valence-corrected chi connectivity index (χ3v) is 10.8. The number of halogens is 5. The van der Waals surface area contributed by atoms with Gasteiger partial charge in [-0.25, -0.2) is 0 Å². The Morgan fingerprint density at radius 3 is 1.27 bits per heavy atom. The third kappa shape index (κ3) is 43.8. The number of rotatable bonds is 43. The normalized spacial score (nSPS) is 12.3. The Labute approximate surface area is 466 Å². The summed E-state index contributed by atoms with van der Waals surface area (Å²) in [6, 6.07) is -4.14. The maximum atomic E-state index is 14.1. The number of allylic oxidation sites excluding steroid dienone is 4. The van der Waals surface area contributed by atoms with Crippen LogP contribution in [-0.2, 0) is 33.6 Å². The lowest BCUT2D eigenvalue weighted by Crippen LogP contribution is -2.53. The SMILES string of the molecule is CC/C=C\CCC(=O)NCCCCN(CCCNC(=O)CC/C=C\CC)C(=O)CN(CCCNC(=O)[C@H](CO)NC(=O)[C@@H](N)CCCCN)CCCNC(=O)[C@H](CO)NC(=O)[C@@H](N)CCCCN.Cl.Cl.Cl.Cl.Cl. The molecule has 0 spiro atoms. The van der Waals surface area contributed by atoms with E-state index in [1.807, 2.05) is 43.1 Å². The Morgan fingerprint density at radius 2 is 0.877 bits per heavy atom. The molecule has 0 aromatic rings. The summed E-state index contributed by atoms with van der Waals surface area (Å²) in [5.74, 6) is -2.58. The van der Waals surface area contributed by atoms with Crippen LogP contribution in [-0.4, -0.2) is 171 Å². The minimum atomic E-state index is -1.21. The molecule has 16 N–H and O–H groups in total. The summed E-state index contributed by atoms with van der Waals surface area (Å²) in [6.45, 7) is 6.35. The molecule has 0 aromatic heterocycles. The first-order valence-electron chi connectivity index (χ1n) is 24.9. The number of carbonyl (C=O) groups excluding carboxylic acids is 7. The lowest BCUT2D eigenvalue weighted by Gasteiger charge is -2.28. The van der Waals surface area contributed by atoms with Crippen LogP contribution in [0.2, 0.25) is 0 Å². The van der Waals surface area contributed by atoms with Gasteiger partial charge in [-0.05, 0) is 96.6 Å². The van der Waals surface area contributed by atoms with Crippen molar-refractivity contribution in [3.8, 4) is 0 Å². The zero-order valence-electron chi connectivity index (χ0n) is 43.3.